The zero-order valence-corrected chi connectivity index (χ0v) is 32.3. The van der Waals surface area contributed by atoms with Crippen LogP contribution in [0.4, 0.5) is 11.4 Å². The molecule has 260 valence electrons. The van der Waals surface area contributed by atoms with Crippen molar-refractivity contribution in [3.8, 4) is 44.5 Å². The molecule has 1 saturated heterocycles. The quantitative estimate of drug-likeness (QED) is 0.130. The summed E-state index contributed by atoms with van der Waals surface area (Å²) >= 11 is 0. The molecule has 0 aromatic heterocycles. The zero-order valence-electron chi connectivity index (χ0n) is 31.3. The minimum Gasteiger partial charge on any atom is -0.345 e. The van der Waals surface area contributed by atoms with Crippen molar-refractivity contribution < 1.29 is 0 Å². The molecule has 0 bridgehead atoms. The molecule has 8 aromatic carbocycles. The van der Waals surface area contributed by atoms with Crippen LogP contribution >= 0.6 is 0 Å². The number of rotatable bonds is 3. The third kappa shape index (κ3) is 4.38. The summed E-state index contributed by atoms with van der Waals surface area (Å²) in [5, 5.41) is 8.47. The average Bonchev–Trinajstić information content (AvgIpc) is 3.80. The van der Waals surface area contributed by atoms with E-state index in [-0.39, 0.29) is 5.41 Å². The van der Waals surface area contributed by atoms with Crippen LogP contribution in [0.1, 0.15) is 37.8 Å². The van der Waals surface area contributed by atoms with Crippen molar-refractivity contribution >= 4 is 51.4 Å². The van der Waals surface area contributed by atoms with Gasteiger partial charge < -0.3 is 4.90 Å². The second-order valence-electron chi connectivity index (χ2n) is 16.5. The molecule has 3 aliphatic rings. The highest BCUT2D eigenvalue weighted by Gasteiger charge is 2.46. The van der Waals surface area contributed by atoms with Crippen LogP contribution in [0.25, 0.3) is 66.1 Å². The van der Waals surface area contributed by atoms with Gasteiger partial charge in [-0.3, -0.25) is 0 Å². The normalized spacial score (nSPS) is 16.0. The summed E-state index contributed by atoms with van der Waals surface area (Å²) in [4.78, 5) is 2.49. The second kappa shape index (κ2) is 11.6. The largest absolute Gasteiger partial charge is 0.345 e. The molecule has 1 fully saturated rings. The lowest BCUT2D eigenvalue weighted by Crippen LogP contribution is -2.61. The Morgan fingerprint density at radius 3 is 1.85 bits per heavy atom. The molecule has 0 unspecified atom stereocenters. The first-order chi connectivity index (χ1) is 26.4. The van der Waals surface area contributed by atoms with E-state index in [9.17, 15) is 0 Å². The van der Waals surface area contributed by atoms with E-state index in [1.165, 1.54) is 113 Å². The van der Waals surface area contributed by atoms with Gasteiger partial charge in [-0.25, -0.2) is 0 Å². The first kappa shape index (κ1) is 31.8. The van der Waals surface area contributed by atoms with Gasteiger partial charge >= 0.3 is 0 Å². The van der Waals surface area contributed by atoms with Crippen molar-refractivity contribution in [2.24, 2.45) is 0 Å². The number of nitrogens with zero attached hydrogens (tertiary/aromatic N) is 1. The van der Waals surface area contributed by atoms with Crippen LogP contribution in [-0.2, 0) is 5.41 Å². The predicted molar refractivity (Wildman–Crippen MR) is 234 cm³/mol. The van der Waals surface area contributed by atoms with E-state index in [1.807, 2.05) is 0 Å². The lowest BCUT2D eigenvalue weighted by molar-refractivity contribution is 0.660. The molecule has 2 aliphatic heterocycles. The number of benzene rings is 8. The summed E-state index contributed by atoms with van der Waals surface area (Å²) in [6, 6.07) is 63.1. The van der Waals surface area contributed by atoms with E-state index in [1.54, 1.807) is 10.4 Å². The molecule has 54 heavy (non-hydrogen) atoms. The molecule has 8 aromatic rings. The van der Waals surface area contributed by atoms with Crippen LogP contribution in [-0.4, -0.2) is 15.1 Å². The topological polar surface area (TPSA) is 3.24 Å². The fourth-order valence-corrected chi connectivity index (χ4v) is 16.4. The zero-order chi connectivity index (χ0) is 36.2. The molecule has 2 heteroatoms. The smallest absolute Gasteiger partial charge is 0.123 e. The molecule has 1 aliphatic carbocycles. The van der Waals surface area contributed by atoms with Gasteiger partial charge in [0.05, 0.1) is 0 Å². The fraction of sp³-hybridized carbons (Fsp3) is 0.154. The first-order valence-electron chi connectivity index (χ1n) is 19.7. The van der Waals surface area contributed by atoms with Gasteiger partial charge in [0.15, 0.2) is 0 Å². The summed E-state index contributed by atoms with van der Waals surface area (Å²) in [5.74, 6) is 0. The minimum atomic E-state index is -1.82. The lowest BCUT2D eigenvalue weighted by atomic mass is 9.81. The summed E-state index contributed by atoms with van der Waals surface area (Å²) in [5.41, 5.74) is 16.0. The second-order valence-corrected chi connectivity index (χ2v) is 20.7. The Kier molecular flexibility index (Phi) is 6.86. The van der Waals surface area contributed by atoms with Gasteiger partial charge in [0.25, 0.3) is 0 Å². The molecule has 0 amide bonds. The van der Waals surface area contributed by atoms with E-state index < -0.39 is 8.07 Å². The summed E-state index contributed by atoms with van der Waals surface area (Å²) < 4.78 is 0. The molecule has 2 heterocycles. The van der Waals surface area contributed by atoms with Gasteiger partial charge in [-0.2, -0.15) is 0 Å². The highest BCUT2D eigenvalue weighted by molar-refractivity contribution is 7.04. The Hall–Kier alpha value is -5.70. The van der Waals surface area contributed by atoms with Crippen LogP contribution in [0.2, 0.25) is 12.1 Å². The molecule has 0 N–H and O–H groups in total. The Balaban J connectivity index is 1.19. The summed E-state index contributed by atoms with van der Waals surface area (Å²) in [7, 11) is 0.470. The van der Waals surface area contributed by atoms with Gasteiger partial charge in [-0.15, -0.1) is 0 Å². The summed E-state index contributed by atoms with van der Waals surface area (Å²) in [6.07, 6.45) is 2.69. The van der Waals surface area contributed by atoms with Crippen molar-refractivity contribution in [1.29, 1.82) is 0 Å². The number of anilines is 2. The minimum absolute atomic E-state index is 0.0288. The van der Waals surface area contributed by atoms with E-state index >= 15 is 0 Å². The Morgan fingerprint density at radius 1 is 0.444 bits per heavy atom. The number of fused-ring (bicyclic) bond motifs is 9. The highest BCUT2D eigenvalue weighted by Crippen LogP contribution is 2.52. The maximum atomic E-state index is 2.54. The van der Waals surface area contributed by atoms with E-state index in [2.05, 4.69) is 184 Å². The fourth-order valence-electron chi connectivity index (χ4n) is 10.8. The third-order valence-electron chi connectivity index (χ3n) is 13.4. The predicted octanol–water partition coefficient (Wildman–Crippen LogP) is 12.7. The van der Waals surface area contributed by atoms with Gasteiger partial charge in [-0.1, -0.05) is 160 Å². The van der Waals surface area contributed by atoms with Crippen molar-refractivity contribution in [2.75, 3.05) is 11.9 Å². The van der Waals surface area contributed by atoms with Gasteiger partial charge in [0.1, 0.15) is 8.07 Å². The standard InChI is InChI=1S/C52H43NSi/c1-52(2)44-20-10-9-17-38(44)42-32-36(24-27-45(42)52)51-40-19-8-7-18-39(40)50(41-26-23-35(31-43(41)51)34-15-5-4-6-16-34)37-25-28-49-47(33-37)53(3)46-21-11-12-22-48(46)54(49)29-13-14-30-54/h4-12,15-28,31-33H,13-14,29-30H2,1-3H3. The number of hydrogen-bond donors (Lipinski definition) is 0. The molecule has 0 saturated carbocycles. The molecule has 1 spiro atoms. The maximum Gasteiger partial charge on any atom is 0.123 e. The Bertz CT molecular complexity index is 2820. The summed E-state index contributed by atoms with van der Waals surface area (Å²) in [6.45, 7) is 4.74. The van der Waals surface area contributed by atoms with E-state index in [4.69, 9.17) is 0 Å². The van der Waals surface area contributed by atoms with Crippen molar-refractivity contribution in [1.82, 2.24) is 0 Å². The van der Waals surface area contributed by atoms with Crippen molar-refractivity contribution in [2.45, 2.75) is 44.2 Å². The molecule has 1 nitrogen and oxygen atoms in total. The van der Waals surface area contributed by atoms with E-state index in [0.717, 1.165) is 0 Å². The lowest BCUT2D eigenvalue weighted by Gasteiger charge is -2.41. The van der Waals surface area contributed by atoms with Crippen LogP contribution in [0.5, 0.6) is 0 Å². The van der Waals surface area contributed by atoms with Gasteiger partial charge in [0, 0.05) is 23.8 Å². The van der Waals surface area contributed by atoms with Gasteiger partial charge in [0.2, 0.25) is 0 Å². The highest BCUT2D eigenvalue weighted by atomic mass is 28.3. The molecular weight excluding hydrogens is 667 g/mol. The third-order valence-corrected chi connectivity index (χ3v) is 18.7. The van der Waals surface area contributed by atoms with Crippen LogP contribution in [0, 0.1) is 0 Å². The van der Waals surface area contributed by atoms with Crippen molar-refractivity contribution in [3.05, 3.63) is 169 Å². The average molecular weight is 710 g/mol. The molecule has 0 radical (unpaired) electrons. The first-order valence-corrected chi connectivity index (χ1v) is 22.1. The molecular formula is C52H43NSi. The van der Waals surface area contributed by atoms with E-state index in [0.29, 0.717) is 0 Å². The van der Waals surface area contributed by atoms with Crippen LogP contribution in [0.15, 0.2) is 158 Å². The van der Waals surface area contributed by atoms with Crippen LogP contribution in [0.3, 0.4) is 0 Å². The molecule has 0 atom stereocenters. The Labute approximate surface area is 319 Å². The Morgan fingerprint density at radius 2 is 1.04 bits per heavy atom. The molecule has 11 rings (SSSR count). The number of para-hydroxylation sites is 1. The maximum absolute atomic E-state index is 2.54. The van der Waals surface area contributed by atoms with Crippen LogP contribution < -0.4 is 15.3 Å². The number of hydrogen-bond acceptors (Lipinski definition) is 1. The van der Waals surface area contributed by atoms with Gasteiger partial charge in [-0.05, 0) is 124 Å². The monoisotopic (exact) mass is 709 g/mol. The van der Waals surface area contributed by atoms with Crippen molar-refractivity contribution in [3.63, 3.8) is 0 Å². The SMILES string of the molecule is CN1c2ccccc2[Si]2(CCCC2)c2ccc(-c3c4ccccc4c(-c4ccc5c(c4)-c4ccccc4C5(C)C)c4cc(-c5ccccc5)ccc34)cc21.